The lowest BCUT2D eigenvalue weighted by molar-refractivity contribution is -0.125. The van der Waals surface area contributed by atoms with Crippen molar-refractivity contribution in [2.45, 2.75) is 13.8 Å². The summed E-state index contributed by atoms with van der Waals surface area (Å²) in [5, 5.41) is 3.83. The number of anilines is 1. The quantitative estimate of drug-likeness (QED) is 0.927. The van der Waals surface area contributed by atoms with Crippen molar-refractivity contribution in [2.24, 2.45) is 5.92 Å². The van der Waals surface area contributed by atoms with E-state index in [-0.39, 0.29) is 11.8 Å². The first-order valence-corrected chi connectivity index (χ1v) is 7.47. The van der Waals surface area contributed by atoms with E-state index in [2.05, 4.69) is 20.2 Å². The van der Waals surface area contributed by atoms with Crippen LogP contribution in [0.1, 0.15) is 12.7 Å². The van der Waals surface area contributed by atoms with Crippen molar-refractivity contribution in [3.63, 3.8) is 0 Å². The van der Waals surface area contributed by atoms with Crippen LogP contribution in [-0.4, -0.2) is 42.6 Å². The maximum Gasteiger partial charge on any atom is 0.226 e. The molecule has 22 heavy (non-hydrogen) atoms. The van der Waals surface area contributed by atoms with Gasteiger partial charge < -0.3 is 15.0 Å². The van der Waals surface area contributed by atoms with Crippen molar-refractivity contribution in [1.82, 2.24) is 15.3 Å². The summed E-state index contributed by atoms with van der Waals surface area (Å²) in [6, 6.07) is 5.78. The SMILES string of the molecule is CCNC(=O)C1CN(c2nc(C)nc3ccc(OC)cc23)C1. The topological polar surface area (TPSA) is 67.4 Å². The van der Waals surface area contributed by atoms with Gasteiger partial charge in [0.2, 0.25) is 5.91 Å². The summed E-state index contributed by atoms with van der Waals surface area (Å²) >= 11 is 0. The Kier molecular flexibility index (Phi) is 3.83. The van der Waals surface area contributed by atoms with Crippen LogP contribution in [0, 0.1) is 12.8 Å². The average molecular weight is 300 g/mol. The molecule has 0 saturated carbocycles. The average Bonchev–Trinajstić information content (AvgIpc) is 2.45. The Morgan fingerprint density at radius 1 is 1.41 bits per heavy atom. The number of hydrogen-bond donors (Lipinski definition) is 1. The minimum Gasteiger partial charge on any atom is -0.497 e. The molecule has 0 radical (unpaired) electrons. The number of carbonyl (C=O) groups is 1. The largest absolute Gasteiger partial charge is 0.497 e. The molecule has 1 aromatic carbocycles. The lowest BCUT2D eigenvalue weighted by Crippen LogP contribution is -2.54. The van der Waals surface area contributed by atoms with Crippen molar-refractivity contribution < 1.29 is 9.53 Å². The molecular weight excluding hydrogens is 280 g/mol. The van der Waals surface area contributed by atoms with Crippen LogP contribution in [0.3, 0.4) is 0 Å². The van der Waals surface area contributed by atoms with Crippen LogP contribution in [0.2, 0.25) is 0 Å². The fraction of sp³-hybridized carbons (Fsp3) is 0.438. The maximum atomic E-state index is 11.8. The molecule has 2 aromatic rings. The molecule has 1 saturated heterocycles. The van der Waals surface area contributed by atoms with Crippen LogP contribution in [-0.2, 0) is 4.79 Å². The number of benzene rings is 1. The summed E-state index contributed by atoms with van der Waals surface area (Å²) in [6.45, 7) is 5.86. The van der Waals surface area contributed by atoms with Gasteiger partial charge in [-0.2, -0.15) is 0 Å². The fourth-order valence-corrected chi connectivity index (χ4v) is 2.71. The summed E-state index contributed by atoms with van der Waals surface area (Å²) in [4.78, 5) is 23.0. The van der Waals surface area contributed by atoms with Gasteiger partial charge in [0.15, 0.2) is 0 Å². The summed E-state index contributed by atoms with van der Waals surface area (Å²) in [7, 11) is 1.64. The number of nitrogens with one attached hydrogen (secondary N) is 1. The second-order valence-electron chi connectivity index (χ2n) is 5.47. The molecular formula is C16H20N4O2. The third kappa shape index (κ3) is 2.56. The molecule has 2 heterocycles. The lowest BCUT2D eigenvalue weighted by Gasteiger charge is -2.39. The summed E-state index contributed by atoms with van der Waals surface area (Å²) in [5.74, 6) is 2.54. The number of fused-ring (bicyclic) bond motifs is 1. The first kappa shape index (κ1) is 14.6. The highest BCUT2D eigenvalue weighted by Gasteiger charge is 2.34. The van der Waals surface area contributed by atoms with Crippen LogP contribution in [0.5, 0.6) is 5.75 Å². The first-order valence-electron chi connectivity index (χ1n) is 7.47. The molecule has 0 unspecified atom stereocenters. The number of carbonyl (C=O) groups excluding carboxylic acids is 1. The Morgan fingerprint density at radius 3 is 2.86 bits per heavy atom. The zero-order valence-electron chi connectivity index (χ0n) is 13.1. The van der Waals surface area contributed by atoms with E-state index in [0.717, 1.165) is 28.3 Å². The van der Waals surface area contributed by atoms with Crippen LogP contribution in [0.15, 0.2) is 18.2 Å². The second-order valence-corrected chi connectivity index (χ2v) is 5.47. The number of aromatic nitrogens is 2. The molecule has 1 aromatic heterocycles. The number of rotatable bonds is 4. The van der Waals surface area contributed by atoms with Gasteiger partial charge in [-0.05, 0) is 32.0 Å². The van der Waals surface area contributed by atoms with Gasteiger partial charge in [-0.3, -0.25) is 4.79 Å². The van der Waals surface area contributed by atoms with Crippen LogP contribution in [0.25, 0.3) is 10.9 Å². The van der Waals surface area contributed by atoms with E-state index >= 15 is 0 Å². The Morgan fingerprint density at radius 2 is 2.18 bits per heavy atom. The molecule has 1 fully saturated rings. The molecule has 1 N–H and O–H groups in total. The molecule has 0 spiro atoms. The molecule has 1 aliphatic heterocycles. The molecule has 0 bridgehead atoms. The van der Waals surface area contributed by atoms with E-state index < -0.39 is 0 Å². The van der Waals surface area contributed by atoms with Crippen molar-refractivity contribution in [3.8, 4) is 5.75 Å². The Labute approximate surface area is 129 Å². The van der Waals surface area contributed by atoms with Gasteiger partial charge >= 0.3 is 0 Å². The summed E-state index contributed by atoms with van der Waals surface area (Å²) in [6.07, 6.45) is 0. The third-order valence-electron chi connectivity index (χ3n) is 3.90. The highest BCUT2D eigenvalue weighted by Crippen LogP contribution is 2.31. The summed E-state index contributed by atoms with van der Waals surface area (Å²) in [5.41, 5.74) is 0.893. The fourth-order valence-electron chi connectivity index (χ4n) is 2.71. The molecule has 3 rings (SSSR count). The minimum atomic E-state index is 0.0379. The second kappa shape index (κ2) is 5.79. The van der Waals surface area contributed by atoms with Gasteiger partial charge in [-0.15, -0.1) is 0 Å². The van der Waals surface area contributed by atoms with Crippen molar-refractivity contribution in [3.05, 3.63) is 24.0 Å². The van der Waals surface area contributed by atoms with E-state index in [4.69, 9.17) is 4.74 Å². The smallest absolute Gasteiger partial charge is 0.226 e. The van der Waals surface area contributed by atoms with E-state index in [1.165, 1.54) is 0 Å². The van der Waals surface area contributed by atoms with Gasteiger partial charge in [-0.25, -0.2) is 9.97 Å². The van der Waals surface area contributed by atoms with E-state index in [9.17, 15) is 4.79 Å². The lowest BCUT2D eigenvalue weighted by atomic mass is 9.98. The molecule has 1 amide bonds. The highest BCUT2D eigenvalue weighted by atomic mass is 16.5. The van der Waals surface area contributed by atoms with E-state index in [1.807, 2.05) is 32.0 Å². The van der Waals surface area contributed by atoms with Gasteiger partial charge in [-0.1, -0.05) is 0 Å². The molecule has 0 aliphatic carbocycles. The Balaban J connectivity index is 1.89. The first-order chi connectivity index (χ1) is 10.6. The van der Waals surface area contributed by atoms with Gasteiger partial charge in [0, 0.05) is 25.0 Å². The molecule has 1 aliphatic rings. The van der Waals surface area contributed by atoms with Crippen LogP contribution in [0.4, 0.5) is 5.82 Å². The van der Waals surface area contributed by atoms with Gasteiger partial charge in [0.1, 0.15) is 17.4 Å². The predicted octanol–water partition coefficient (Wildman–Crippen LogP) is 1.52. The number of nitrogens with zero attached hydrogens (tertiary/aromatic N) is 3. The Hall–Kier alpha value is -2.37. The van der Waals surface area contributed by atoms with Gasteiger partial charge in [0.25, 0.3) is 0 Å². The monoisotopic (exact) mass is 300 g/mol. The number of hydrogen-bond acceptors (Lipinski definition) is 5. The van der Waals surface area contributed by atoms with E-state index in [1.54, 1.807) is 7.11 Å². The zero-order chi connectivity index (χ0) is 15.7. The van der Waals surface area contributed by atoms with E-state index in [0.29, 0.717) is 19.6 Å². The van der Waals surface area contributed by atoms with Crippen molar-refractivity contribution >= 4 is 22.6 Å². The highest BCUT2D eigenvalue weighted by molar-refractivity contribution is 5.92. The zero-order valence-corrected chi connectivity index (χ0v) is 13.1. The third-order valence-corrected chi connectivity index (χ3v) is 3.90. The number of ether oxygens (including phenoxy) is 1. The van der Waals surface area contributed by atoms with Gasteiger partial charge in [0.05, 0.1) is 18.5 Å². The summed E-state index contributed by atoms with van der Waals surface area (Å²) < 4.78 is 5.29. The minimum absolute atomic E-state index is 0.0379. The standard InChI is InChI=1S/C16H20N4O2/c1-4-17-16(21)11-8-20(9-11)15-13-7-12(22-3)5-6-14(13)18-10(2)19-15/h5-7,11H,4,8-9H2,1-3H3,(H,17,21). The molecule has 6 nitrogen and oxygen atoms in total. The number of methoxy groups -OCH3 is 1. The van der Waals surface area contributed by atoms with Crippen LogP contribution < -0.4 is 15.0 Å². The number of amides is 1. The number of aryl methyl sites for hydroxylation is 1. The molecule has 116 valence electrons. The predicted molar refractivity (Wildman–Crippen MR) is 85.2 cm³/mol. The van der Waals surface area contributed by atoms with Crippen molar-refractivity contribution in [2.75, 3.05) is 31.6 Å². The van der Waals surface area contributed by atoms with Crippen LogP contribution >= 0.6 is 0 Å². The molecule has 0 atom stereocenters. The maximum absolute atomic E-state index is 11.8. The Bertz CT molecular complexity index is 711. The van der Waals surface area contributed by atoms with Crippen molar-refractivity contribution in [1.29, 1.82) is 0 Å². The normalized spacial score (nSPS) is 14.8. The molecule has 6 heteroatoms.